The monoisotopic (exact) mass is 257 g/mol. The van der Waals surface area contributed by atoms with Crippen molar-refractivity contribution in [3.05, 3.63) is 47.9 Å². The van der Waals surface area contributed by atoms with Crippen LogP contribution in [0.3, 0.4) is 0 Å². The average Bonchev–Trinajstić information content (AvgIpc) is 2.81. The average molecular weight is 257 g/mol. The van der Waals surface area contributed by atoms with Gasteiger partial charge in [0.1, 0.15) is 5.65 Å². The molecule has 2 aromatic heterocycles. The summed E-state index contributed by atoms with van der Waals surface area (Å²) < 4.78 is 1.99. The first-order valence-corrected chi connectivity index (χ1v) is 6.58. The second-order valence-corrected chi connectivity index (χ2v) is 4.50. The van der Waals surface area contributed by atoms with Crippen LogP contribution in [-0.4, -0.2) is 21.8 Å². The number of rotatable bonds is 5. The number of allylic oxidation sites excluding steroid dienone is 1. The topological polar surface area (TPSA) is 46.4 Å². The van der Waals surface area contributed by atoms with Crippen molar-refractivity contribution in [3.63, 3.8) is 0 Å². The first-order chi connectivity index (χ1) is 9.20. The number of carbonyl (C=O) groups excluding carboxylic acids is 1. The molecule has 0 aliphatic carbocycles. The first kappa shape index (κ1) is 13.3. The van der Waals surface area contributed by atoms with Crippen LogP contribution in [0.15, 0.2) is 42.2 Å². The number of imidazole rings is 1. The molecule has 0 aliphatic rings. The largest absolute Gasteiger partial charge is 0.352 e. The molecule has 4 nitrogen and oxygen atoms in total. The van der Waals surface area contributed by atoms with Crippen LogP contribution in [0.4, 0.5) is 0 Å². The summed E-state index contributed by atoms with van der Waals surface area (Å²) in [5.74, 6) is 0.00520. The van der Waals surface area contributed by atoms with E-state index < -0.39 is 0 Å². The number of fused-ring (bicyclic) bond motifs is 1. The van der Waals surface area contributed by atoms with Crippen molar-refractivity contribution in [2.45, 2.75) is 26.7 Å². The van der Waals surface area contributed by atoms with E-state index in [1.54, 1.807) is 0 Å². The second kappa shape index (κ2) is 6.18. The van der Waals surface area contributed by atoms with Gasteiger partial charge in [-0.3, -0.25) is 4.79 Å². The van der Waals surface area contributed by atoms with Crippen molar-refractivity contribution >= 4 is 11.6 Å². The van der Waals surface area contributed by atoms with Gasteiger partial charge in [-0.1, -0.05) is 19.1 Å². The normalized spacial score (nSPS) is 11.8. The molecule has 0 saturated heterocycles. The molecule has 0 unspecified atom stereocenters. The van der Waals surface area contributed by atoms with E-state index in [4.69, 9.17) is 0 Å². The Morgan fingerprint density at radius 2 is 2.32 bits per heavy atom. The summed E-state index contributed by atoms with van der Waals surface area (Å²) >= 11 is 0. The highest BCUT2D eigenvalue weighted by Gasteiger charge is 2.04. The summed E-state index contributed by atoms with van der Waals surface area (Å²) in [5.41, 5.74) is 2.70. The smallest absolute Gasteiger partial charge is 0.246 e. The number of aromatic nitrogens is 2. The molecular weight excluding hydrogens is 238 g/mol. The molecule has 0 spiro atoms. The molecule has 0 bridgehead atoms. The molecule has 0 saturated carbocycles. The highest BCUT2D eigenvalue weighted by atomic mass is 16.1. The molecule has 0 aliphatic heterocycles. The van der Waals surface area contributed by atoms with E-state index in [1.807, 2.05) is 54.9 Å². The van der Waals surface area contributed by atoms with Gasteiger partial charge in [-0.2, -0.15) is 0 Å². The third-order valence-corrected chi connectivity index (χ3v) is 2.95. The van der Waals surface area contributed by atoms with Gasteiger partial charge >= 0.3 is 0 Å². The highest BCUT2D eigenvalue weighted by molar-refractivity contribution is 5.92. The summed E-state index contributed by atoms with van der Waals surface area (Å²) in [6.07, 6.45) is 7.52. The minimum atomic E-state index is 0.00520. The van der Waals surface area contributed by atoms with Crippen LogP contribution in [0.25, 0.3) is 5.65 Å². The molecule has 0 atom stereocenters. The molecular formula is C15H19N3O. The minimum Gasteiger partial charge on any atom is -0.352 e. The zero-order valence-electron chi connectivity index (χ0n) is 11.4. The lowest BCUT2D eigenvalue weighted by atomic mass is 10.2. The van der Waals surface area contributed by atoms with E-state index in [1.165, 1.54) is 0 Å². The second-order valence-electron chi connectivity index (χ2n) is 4.50. The Kier molecular flexibility index (Phi) is 4.34. The van der Waals surface area contributed by atoms with E-state index in [0.29, 0.717) is 6.54 Å². The van der Waals surface area contributed by atoms with E-state index in [9.17, 15) is 4.79 Å². The van der Waals surface area contributed by atoms with Gasteiger partial charge in [0.25, 0.3) is 0 Å². The summed E-state index contributed by atoms with van der Waals surface area (Å²) in [6.45, 7) is 4.47. The van der Waals surface area contributed by atoms with Gasteiger partial charge in [0.15, 0.2) is 0 Å². The molecule has 2 heterocycles. The van der Waals surface area contributed by atoms with Gasteiger partial charge in [0.05, 0.1) is 5.69 Å². The summed E-state index contributed by atoms with van der Waals surface area (Å²) in [7, 11) is 0. The molecule has 1 amide bonds. The van der Waals surface area contributed by atoms with Crippen LogP contribution in [0.2, 0.25) is 0 Å². The molecule has 1 N–H and O–H groups in total. The first-order valence-electron chi connectivity index (χ1n) is 6.58. The van der Waals surface area contributed by atoms with E-state index in [-0.39, 0.29) is 5.91 Å². The van der Waals surface area contributed by atoms with E-state index in [0.717, 1.165) is 29.8 Å². The molecule has 0 fully saturated rings. The maximum atomic E-state index is 11.7. The third kappa shape index (κ3) is 3.44. The van der Waals surface area contributed by atoms with Crippen molar-refractivity contribution in [1.82, 2.24) is 14.7 Å². The summed E-state index contributed by atoms with van der Waals surface area (Å²) in [6, 6.07) is 5.90. The fraction of sp³-hybridized carbons (Fsp3) is 0.333. The van der Waals surface area contributed by atoms with Gasteiger partial charge in [0, 0.05) is 30.9 Å². The molecule has 4 heteroatoms. The Bertz CT molecular complexity index is 565. The molecule has 2 rings (SSSR count). The number of nitrogens with zero attached hydrogens (tertiary/aromatic N) is 2. The molecule has 19 heavy (non-hydrogen) atoms. The van der Waals surface area contributed by atoms with Gasteiger partial charge in [-0.05, 0) is 25.5 Å². The van der Waals surface area contributed by atoms with Crippen molar-refractivity contribution in [2.24, 2.45) is 0 Å². The predicted molar refractivity (Wildman–Crippen MR) is 76.0 cm³/mol. The summed E-state index contributed by atoms with van der Waals surface area (Å²) in [5, 5.41) is 2.90. The van der Waals surface area contributed by atoms with Crippen LogP contribution in [0.1, 0.15) is 26.0 Å². The van der Waals surface area contributed by atoms with Gasteiger partial charge in [-0.25, -0.2) is 4.98 Å². The Morgan fingerprint density at radius 3 is 3.05 bits per heavy atom. The van der Waals surface area contributed by atoms with Gasteiger partial charge < -0.3 is 9.72 Å². The van der Waals surface area contributed by atoms with Crippen molar-refractivity contribution in [1.29, 1.82) is 0 Å². The lowest BCUT2D eigenvalue weighted by Crippen LogP contribution is -2.26. The van der Waals surface area contributed by atoms with Crippen molar-refractivity contribution in [2.75, 3.05) is 6.54 Å². The number of hydrogen-bond acceptors (Lipinski definition) is 2. The maximum absolute atomic E-state index is 11.7. The molecule has 0 radical (unpaired) electrons. The van der Waals surface area contributed by atoms with E-state index >= 15 is 0 Å². The maximum Gasteiger partial charge on any atom is 0.246 e. The molecule has 2 aromatic rings. The number of pyridine rings is 1. The Morgan fingerprint density at radius 1 is 1.47 bits per heavy atom. The van der Waals surface area contributed by atoms with Crippen LogP contribution in [0.5, 0.6) is 0 Å². The van der Waals surface area contributed by atoms with Crippen LogP contribution in [0, 0.1) is 0 Å². The minimum absolute atomic E-state index is 0.00520. The zero-order chi connectivity index (χ0) is 13.7. The number of carbonyl (C=O) groups is 1. The summed E-state index contributed by atoms with van der Waals surface area (Å²) in [4.78, 5) is 16.2. The number of amides is 1. The fourth-order valence-electron chi connectivity index (χ4n) is 1.95. The van der Waals surface area contributed by atoms with Gasteiger partial charge in [0.2, 0.25) is 5.91 Å². The quantitative estimate of drug-likeness (QED) is 0.836. The van der Waals surface area contributed by atoms with Crippen molar-refractivity contribution < 1.29 is 4.79 Å². The van der Waals surface area contributed by atoms with Crippen molar-refractivity contribution in [3.8, 4) is 0 Å². The Labute approximate surface area is 113 Å². The van der Waals surface area contributed by atoms with Crippen LogP contribution in [-0.2, 0) is 11.2 Å². The predicted octanol–water partition coefficient (Wildman–Crippen LogP) is 2.35. The SMILES string of the molecule is CC/C=C(/C)C(=O)NCCc1cn2ccccc2n1. The zero-order valence-corrected chi connectivity index (χ0v) is 11.4. The highest BCUT2D eigenvalue weighted by Crippen LogP contribution is 2.04. The molecule has 0 aromatic carbocycles. The van der Waals surface area contributed by atoms with E-state index in [2.05, 4.69) is 10.3 Å². The number of hydrogen-bond donors (Lipinski definition) is 1. The van der Waals surface area contributed by atoms with Gasteiger partial charge in [-0.15, -0.1) is 0 Å². The lowest BCUT2D eigenvalue weighted by molar-refractivity contribution is -0.117. The molecule has 100 valence electrons. The number of nitrogens with one attached hydrogen (secondary N) is 1. The third-order valence-electron chi connectivity index (χ3n) is 2.95. The Hall–Kier alpha value is -2.10. The Balaban J connectivity index is 1.89. The standard InChI is InChI=1S/C15H19N3O/c1-3-6-12(2)15(19)16-9-8-13-11-18-10-5-4-7-14(18)17-13/h4-7,10-11H,3,8-9H2,1-2H3,(H,16,19)/b12-6-. The lowest BCUT2D eigenvalue weighted by Gasteiger charge is -2.03. The van der Waals surface area contributed by atoms with Crippen LogP contribution < -0.4 is 5.32 Å². The van der Waals surface area contributed by atoms with Crippen LogP contribution >= 0.6 is 0 Å². The fourth-order valence-corrected chi connectivity index (χ4v) is 1.95.